The molecule has 0 fully saturated rings. The normalized spacial score (nSPS) is 12.5. The van der Waals surface area contributed by atoms with Gasteiger partial charge >= 0.3 is 0 Å². The molecule has 2 heterocycles. The highest BCUT2D eigenvalue weighted by atomic mass is 16.6. The first-order valence-electron chi connectivity index (χ1n) is 6.27. The fourth-order valence-electron chi connectivity index (χ4n) is 1.91. The maximum Gasteiger partial charge on any atom is 0.296 e. The van der Waals surface area contributed by atoms with E-state index in [1.165, 1.54) is 12.1 Å². The molecule has 3 aromatic rings. The van der Waals surface area contributed by atoms with Crippen LogP contribution in [0.5, 0.6) is 0 Å². The van der Waals surface area contributed by atoms with Gasteiger partial charge in [-0.1, -0.05) is 0 Å². The Kier molecular flexibility index (Phi) is 3.05. The molecule has 1 N–H and O–H groups in total. The molecular formula is C13H12N4O4. The van der Waals surface area contributed by atoms with Gasteiger partial charge in [-0.3, -0.25) is 10.1 Å². The van der Waals surface area contributed by atoms with Gasteiger partial charge in [0.15, 0.2) is 5.58 Å². The lowest BCUT2D eigenvalue weighted by molar-refractivity contribution is -0.384. The third-order valence-electron chi connectivity index (χ3n) is 2.93. The number of aromatic nitrogens is 2. The lowest BCUT2D eigenvalue weighted by Gasteiger charge is -2.06. The summed E-state index contributed by atoms with van der Waals surface area (Å²) < 4.78 is 10.9. The first-order chi connectivity index (χ1) is 10.0. The van der Waals surface area contributed by atoms with Crippen molar-refractivity contribution in [2.75, 3.05) is 5.32 Å². The van der Waals surface area contributed by atoms with Crippen molar-refractivity contribution >= 4 is 22.8 Å². The molecule has 0 bridgehead atoms. The predicted molar refractivity (Wildman–Crippen MR) is 73.9 cm³/mol. The number of hydrogen-bond donors (Lipinski definition) is 1. The Balaban J connectivity index is 1.85. The minimum absolute atomic E-state index is 0.0402. The molecule has 2 aromatic heterocycles. The molecule has 0 saturated carbocycles. The zero-order valence-corrected chi connectivity index (χ0v) is 11.4. The van der Waals surface area contributed by atoms with Crippen LogP contribution >= 0.6 is 0 Å². The lowest BCUT2D eigenvalue weighted by atomic mass is 10.3. The number of aryl methyl sites for hydroxylation is 1. The Morgan fingerprint density at radius 2 is 2.19 bits per heavy atom. The van der Waals surface area contributed by atoms with Crippen LogP contribution < -0.4 is 5.32 Å². The van der Waals surface area contributed by atoms with E-state index in [-0.39, 0.29) is 17.7 Å². The third-order valence-corrected chi connectivity index (χ3v) is 2.93. The van der Waals surface area contributed by atoms with Crippen molar-refractivity contribution in [3.05, 3.63) is 46.2 Å². The summed E-state index contributed by atoms with van der Waals surface area (Å²) in [4.78, 5) is 18.6. The summed E-state index contributed by atoms with van der Waals surface area (Å²) in [5.41, 5.74) is 0.850. The summed E-state index contributed by atoms with van der Waals surface area (Å²) in [5, 5.41) is 13.7. The molecule has 0 aliphatic carbocycles. The van der Waals surface area contributed by atoms with Gasteiger partial charge in [0.25, 0.3) is 11.7 Å². The van der Waals surface area contributed by atoms with Crippen LogP contribution in [-0.2, 0) is 0 Å². The van der Waals surface area contributed by atoms with E-state index in [1.807, 2.05) is 13.8 Å². The molecule has 0 saturated heterocycles. The molecule has 8 nitrogen and oxygen atoms in total. The maximum atomic E-state index is 10.7. The van der Waals surface area contributed by atoms with Crippen LogP contribution in [0.2, 0.25) is 0 Å². The van der Waals surface area contributed by atoms with E-state index in [2.05, 4.69) is 15.3 Å². The summed E-state index contributed by atoms with van der Waals surface area (Å²) in [5.74, 6) is 1.23. The van der Waals surface area contributed by atoms with E-state index in [4.69, 9.17) is 8.83 Å². The first-order valence-corrected chi connectivity index (χ1v) is 6.27. The lowest BCUT2D eigenvalue weighted by Crippen LogP contribution is -2.06. The van der Waals surface area contributed by atoms with Crippen LogP contribution in [0.25, 0.3) is 11.1 Å². The Hall–Kier alpha value is -2.90. The molecule has 108 valence electrons. The molecule has 0 amide bonds. The Morgan fingerprint density at radius 1 is 1.38 bits per heavy atom. The molecule has 0 aliphatic rings. The molecule has 21 heavy (non-hydrogen) atoms. The summed E-state index contributed by atoms with van der Waals surface area (Å²) >= 11 is 0. The minimum atomic E-state index is -0.479. The van der Waals surface area contributed by atoms with Crippen LogP contribution in [0.3, 0.4) is 0 Å². The number of oxazole rings is 2. The predicted octanol–water partition coefficient (Wildman–Crippen LogP) is 3.21. The number of fused-ring (bicyclic) bond motifs is 1. The monoisotopic (exact) mass is 288 g/mol. The van der Waals surface area contributed by atoms with Gasteiger partial charge in [0.05, 0.1) is 17.2 Å². The van der Waals surface area contributed by atoms with Crippen molar-refractivity contribution in [1.29, 1.82) is 0 Å². The highest BCUT2D eigenvalue weighted by Crippen LogP contribution is 2.25. The quantitative estimate of drug-likeness (QED) is 0.580. The smallest absolute Gasteiger partial charge is 0.296 e. The number of nitro groups is 1. The van der Waals surface area contributed by atoms with Crippen LogP contribution in [0.15, 0.2) is 33.2 Å². The molecule has 1 aromatic carbocycles. The second-order valence-electron chi connectivity index (χ2n) is 4.60. The molecule has 0 aliphatic heterocycles. The highest BCUT2D eigenvalue weighted by Gasteiger charge is 2.16. The Bertz CT molecular complexity index is 807. The number of rotatable bonds is 4. The van der Waals surface area contributed by atoms with Crippen LogP contribution in [0.4, 0.5) is 11.7 Å². The number of hydrogen-bond acceptors (Lipinski definition) is 7. The van der Waals surface area contributed by atoms with E-state index in [1.54, 1.807) is 12.3 Å². The third kappa shape index (κ3) is 2.55. The number of benzene rings is 1. The number of nitrogens with zero attached hydrogens (tertiary/aromatic N) is 3. The van der Waals surface area contributed by atoms with Gasteiger partial charge in [-0.15, -0.1) is 0 Å². The number of anilines is 1. The number of non-ortho nitro benzene ring substituents is 1. The molecule has 1 atom stereocenters. The second-order valence-corrected chi connectivity index (χ2v) is 4.60. The van der Waals surface area contributed by atoms with Crippen LogP contribution in [0.1, 0.15) is 24.6 Å². The molecular weight excluding hydrogens is 276 g/mol. The van der Waals surface area contributed by atoms with E-state index in [9.17, 15) is 10.1 Å². The largest absolute Gasteiger partial charge is 0.444 e. The zero-order chi connectivity index (χ0) is 15.0. The average Bonchev–Trinajstić information content (AvgIpc) is 3.03. The van der Waals surface area contributed by atoms with Gasteiger partial charge in [0.1, 0.15) is 17.3 Å². The van der Waals surface area contributed by atoms with Crippen molar-refractivity contribution in [3.8, 4) is 0 Å². The molecule has 3 rings (SSSR count). The average molecular weight is 288 g/mol. The minimum Gasteiger partial charge on any atom is -0.444 e. The summed E-state index contributed by atoms with van der Waals surface area (Å²) in [6.45, 7) is 3.66. The van der Waals surface area contributed by atoms with Crippen LogP contribution in [0, 0.1) is 17.0 Å². The van der Waals surface area contributed by atoms with Gasteiger partial charge in [-0.25, -0.2) is 4.98 Å². The van der Waals surface area contributed by atoms with Gasteiger partial charge in [0.2, 0.25) is 5.89 Å². The molecule has 8 heteroatoms. The second kappa shape index (κ2) is 4.89. The van der Waals surface area contributed by atoms with E-state index in [0.29, 0.717) is 22.8 Å². The van der Waals surface area contributed by atoms with E-state index >= 15 is 0 Å². The van der Waals surface area contributed by atoms with Gasteiger partial charge < -0.3 is 14.2 Å². The van der Waals surface area contributed by atoms with Crippen molar-refractivity contribution in [3.63, 3.8) is 0 Å². The van der Waals surface area contributed by atoms with Crippen LogP contribution in [-0.4, -0.2) is 14.9 Å². The Labute approximate surface area is 118 Å². The van der Waals surface area contributed by atoms with Gasteiger partial charge in [-0.2, -0.15) is 4.98 Å². The number of nitro benzene ring substituents is 1. The van der Waals surface area contributed by atoms with E-state index in [0.717, 1.165) is 0 Å². The maximum absolute atomic E-state index is 10.7. The van der Waals surface area contributed by atoms with Crippen molar-refractivity contribution in [2.24, 2.45) is 0 Å². The summed E-state index contributed by atoms with van der Waals surface area (Å²) in [7, 11) is 0. The Morgan fingerprint density at radius 3 is 2.86 bits per heavy atom. The summed E-state index contributed by atoms with van der Waals surface area (Å²) in [6, 6.07) is 4.29. The standard InChI is InChI=1S/C13H12N4O4/c1-7-6-14-12(20-7)8(2)15-13-16-10-4-3-9(17(18)19)5-11(10)21-13/h3-6,8H,1-2H3,(H,15,16). The van der Waals surface area contributed by atoms with Gasteiger partial charge in [0, 0.05) is 6.07 Å². The van der Waals surface area contributed by atoms with Crippen molar-refractivity contribution < 1.29 is 13.8 Å². The molecule has 0 radical (unpaired) electrons. The SMILES string of the molecule is Cc1cnc(C(C)Nc2nc3ccc([N+](=O)[O-])cc3o2)o1. The molecule has 1 unspecified atom stereocenters. The topological polar surface area (TPSA) is 107 Å². The zero-order valence-electron chi connectivity index (χ0n) is 11.4. The molecule has 0 spiro atoms. The highest BCUT2D eigenvalue weighted by molar-refractivity contribution is 5.77. The fraction of sp³-hybridized carbons (Fsp3) is 0.231. The van der Waals surface area contributed by atoms with Crippen molar-refractivity contribution in [1.82, 2.24) is 9.97 Å². The summed E-state index contributed by atoms with van der Waals surface area (Å²) in [6.07, 6.45) is 1.63. The van der Waals surface area contributed by atoms with Crippen molar-refractivity contribution in [2.45, 2.75) is 19.9 Å². The fourth-order valence-corrected chi connectivity index (χ4v) is 1.91. The van der Waals surface area contributed by atoms with E-state index < -0.39 is 4.92 Å². The first kappa shape index (κ1) is 13.1. The number of nitrogens with one attached hydrogen (secondary N) is 1. The van der Waals surface area contributed by atoms with Gasteiger partial charge in [-0.05, 0) is 19.9 Å².